The number of hydrogen-bond donors (Lipinski definition) is 3. The van der Waals surface area contributed by atoms with Crippen molar-refractivity contribution in [1.29, 1.82) is 0 Å². The van der Waals surface area contributed by atoms with Crippen molar-refractivity contribution in [2.24, 2.45) is 11.7 Å². The van der Waals surface area contributed by atoms with E-state index in [1.54, 1.807) is 18.2 Å². The van der Waals surface area contributed by atoms with Crippen molar-refractivity contribution in [1.82, 2.24) is 9.88 Å². The van der Waals surface area contributed by atoms with Gasteiger partial charge in [-0.05, 0) is 58.5 Å². The normalized spacial score (nSPS) is 30.7. The number of carbonyl (C=O) groups excluding carboxylic acids is 1. The van der Waals surface area contributed by atoms with Crippen molar-refractivity contribution in [2.45, 2.75) is 36.4 Å². The van der Waals surface area contributed by atoms with Crippen LogP contribution in [-0.4, -0.2) is 46.1 Å². The van der Waals surface area contributed by atoms with Crippen LogP contribution in [0.4, 0.5) is 10.1 Å². The molecule has 1 aromatic carbocycles. The first-order valence-electron chi connectivity index (χ1n) is 9.94. The first-order chi connectivity index (χ1) is 14.4. The Morgan fingerprint density at radius 1 is 1.40 bits per heavy atom. The summed E-state index contributed by atoms with van der Waals surface area (Å²) in [6, 6.07) is 5.66. The van der Waals surface area contributed by atoms with Crippen molar-refractivity contribution in [3.8, 4) is 0 Å². The van der Waals surface area contributed by atoms with Gasteiger partial charge in [0.2, 0.25) is 5.91 Å². The third-order valence-electron chi connectivity index (χ3n) is 6.67. The highest BCUT2D eigenvalue weighted by atomic mass is 79.9. The molecule has 4 N–H and O–H groups in total. The number of nitrogens with zero attached hydrogens (tertiary/aromatic N) is 2. The molecule has 1 saturated heterocycles. The third-order valence-corrected chi connectivity index (χ3v) is 7.46. The van der Waals surface area contributed by atoms with Gasteiger partial charge >= 0.3 is 0 Å². The number of anilines is 1. The van der Waals surface area contributed by atoms with Crippen LogP contribution in [0.2, 0.25) is 5.02 Å². The van der Waals surface area contributed by atoms with E-state index in [0.717, 1.165) is 12.8 Å². The van der Waals surface area contributed by atoms with Crippen molar-refractivity contribution < 1.29 is 14.3 Å². The number of benzene rings is 1. The molecule has 1 saturated carbocycles. The van der Waals surface area contributed by atoms with Gasteiger partial charge in [-0.25, -0.2) is 9.37 Å². The Labute approximate surface area is 186 Å². The smallest absolute Gasteiger partial charge is 0.250 e. The zero-order chi connectivity index (χ0) is 21.2. The molecule has 3 heterocycles. The number of likely N-dealkylation sites (tertiary alicyclic amines) is 1. The molecule has 1 amide bonds. The number of pyridine rings is 1. The first-order valence-corrected chi connectivity index (χ1v) is 11.1. The number of aliphatic hydroxyl groups is 1. The van der Waals surface area contributed by atoms with Gasteiger partial charge in [-0.3, -0.25) is 9.69 Å². The molecule has 0 radical (unpaired) electrons. The minimum Gasteiger partial charge on any atom is -0.395 e. The van der Waals surface area contributed by atoms with Crippen LogP contribution in [0.5, 0.6) is 0 Å². The summed E-state index contributed by atoms with van der Waals surface area (Å²) >= 11 is 9.33. The number of carbonyl (C=O) groups is 1. The monoisotopic (exact) mass is 494 g/mol. The van der Waals surface area contributed by atoms with Crippen LogP contribution in [0.15, 0.2) is 35.1 Å². The van der Waals surface area contributed by atoms with Gasteiger partial charge in [0.15, 0.2) is 5.82 Å². The van der Waals surface area contributed by atoms with Gasteiger partial charge in [0.25, 0.3) is 0 Å². The van der Waals surface area contributed by atoms with Crippen LogP contribution in [0.25, 0.3) is 0 Å². The Kier molecular flexibility index (Phi) is 4.91. The van der Waals surface area contributed by atoms with Gasteiger partial charge in [0.05, 0.1) is 6.61 Å². The quantitative estimate of drug-likeness (QED) is 0.567. The Balaban J connectivity index is 1.78. The van der Waals surface area contributed by atoms with Crippen LogP contribution < -0.4 is 11.1 Å². The molecular formula is C21H21BrClFN4O2. The van der Waals surface area contributed by atoms with Crippen LogP contribution >= 0.6 is 27.5 Å². The molecule has 1 spiro atoms. The summed E-state index contributed by atoms with van der Waals surface area (Å²) in [5.41, 5.74) is 7.04. The molecule has 2 aromatic rings. The van der Waals surface area contributed by atoms with Gasteiger partial charge < -0.3 is 16.2 Å². The maximum Gasteiger partial charge on any atom is 0.250 e. The molecule has 6 nitrogen and oxygen atoms in total. The lowest BCUT2D eigenvalue weighted by molar-refractivity contribution is -0.128. The van der Waals surface area contributed by atoms with E-state index in [9.17, 15) is 9.90 Å². The van der Waals surface area contributed by atoms with E-state index in [4.69, 9.17) is 17.3 Å². The second-order valence-corrected chi connectivity index (χ2v) is 9.50. The Bertz CT molecular complexity index is 1040. The van der Waals surface area contributed by atoms with E-state index in [1.165, 1.54) is 6.20 Å². The van der Waals surface area contributed by atoms with Crippen LogP contribution in [0.3, 0.4) is 0 Å². The zero-order valence-corrected chi connectivity index (χ0v) is 18.3. The molecule has 2 fully saturated rings. The number of amides is 1. The fraction of sp³-hybridized carbons (Fsp3) is 0.429. The summed E-state index contributed by atoms with van der Waals surface area (Å²) in [4.78, 5) is 19.6. The standard InChI is InChI=1S/C21H21BrClFN4O2/c22-19-17(24)12(5-6-26-19)16-18(25)15(9-29)28(8-10-1-2-10)21(16)13-4-3-11(23)7-14(13)27-20(21)30/h3-7,10,15-16,18,29H,1-2,8-9,25H2,(H,27,30)/t15-,16-,18+,21+/m0/s1. The van der Waals surface area contributed by atoms with Crippen molar-refractivity contribution in [3.63, 3.8) is 0 Å². The maximum atomic E-state index is 15.3. The lowest BCUT2D eigenvalue weighted by Gasteiger charge is -2.39. The van der Waals surface area contributed by atoms with Crippen LogP contribution in [0, 0.1) is 11.7 Å². The number of aliphatic hydroxyl groups excluding tert-OH is 1. The average molecular weight is 496 g/mol. The minimum atomic E-state index is -1.24. The molecule has 30 heavy (non-hydrogen) atoms. The molecule has 2 aliphatic heterocycles. The summed E-state index contributed by atoms with van der Waals surface area (Å²) < 4.78 is 15.3. The molecule has 3 aliphatic rings. The molecular weight excluding hydrogens is 475 g/mol. The van der Waals surface area contributed by atoms with E-state index < -0.39 is 29.4 Å². The van der Waals surface area contributed by atoms with E-state index in [2.05, 4.69) is 26.2 Å². The zero-order valence-electron chi connectivity index (χ0n) is 16.0. The average Bonchev–Trinajstić information content (AvgIpc) is 3.43. The van der Waals surface area contributed by atoms with Crippen LogP contribution in [-0.2, 0) is 10.3 Å². The minimum absolute atomic E-state index is 0.0678. The fourth-order valence-electron chi connectivity index (χ4n) is 5.22. The number of rotatable bonds is 4. The number of fused-ring (bicyclic) bond motifs is 2. The van der Waals surface area contributed by atoms with Gasteiger partial charge in [-0.1, -0.05) is 17.7 Å². The second-order valence-electron chi connectivity index (χ2n) is 8.32. The largest absolute Gasteiger partial charge is 0.395 e. The van der Waals surface area contributed by atoms with Crippen molar-refractivity contribution in [3.05, 3.63) is 57.0 Å². The predicted molar refractivity (Wildman–Crippen MR) is 115 cm³/mol. The lowest BCUT2D eigenvalue weighted by atomic mass is 9.74. The third kappa shape index (κ3) is 2.78. The number of aromatic nitrogens is 1. The topological polar surface area (TPSA) is 91.5 Å². The molecule has 1 aromatic heterocycles. The fourth-order valence-corrected chi connectivity index (χ4v) is 5.74. The Hall–Kier alpha value is -1.58. The Morgan fingerprint density at radius 2 is 2.17 bits per heavy atom. The first kappa shape index (κ1) is 20.3. The molecule has 1 aliphatic carbocycles. The highest BCUT2D eigenvalue weighted by Gasteiger charge is 2.66. The van der Waals surface area contributed by atoms with Crippen LogP contribution in [0.1, 0.15) is 29.9 Å². The molecule has 158 valence electrons. The number of halogens is 3. The Morgan fingerprint density at radius 3 is 2.87 bits per heavy atom. The van der Waals surface area contributed by atoms with Crippen molar-refractivity contribution in [2.75, 3.05) is 18.5 Å². The summed E-state index contributed by atoms with van der Waals surface area (Å²) in [7, 11) is 0. The number of hydrogen-bond acceptors (Lipinski definition) is 5. The summed E-state index contributed by atoms with van der Waals surface area (Å²) in [5, 5.41) is 13.7. The summed E-state index contributed by atoms with van der Waals surface area (Å²) in [6.45, 7) is 0.384. The molecule has 5 rings (SSSR count). The second kappa shape index (κ2) is 7.24. The van der Waals surface area contributed by atoms with Gasteiger partial charge in [0, 0.05) is 47.0 Å². The molecule has 4 atom stereocenters. The molecule has 0 unspecified atom stereocenters. The van der Waals surface area contributed by atoms with Crippen molar-refractivity contribution >= 4 is 39.1 Å². The lowest BCUT2D eigenvalue weighted by Crippen LogP contribution is -2.53. The predicted octanol–water partition coefficient (Wildman–Crippen LogP) is 2.98. The number of nitrogens with two attached hydrogens (primary N) is 1. The highest BCUT2D eigenvalue weighted by Crippen LogP contribution is 2.58. The van der Waals surface area contributed by atoms with Gasteiger partial charge in [0.1, 0.15) is 10.1 Å². The van der Waals surface area contributed by atoms with Gasteiger partial charge in [-0.15, -0.1) is 0 Å². The summed E-state index contributed by atoms with van der Waals surface area (Å²) in [5.74, 6) is -1.10. The van der Waals surface area contributed by atoms with E-state index in [0.29, 0.717) is 34.3 Å². The van der Waals surface area contributed by atoms with E-state index >= 15 is 4.39 Å². The van der Waals surface area contributed by atoms with E-state index in [1.807, 2.05) is 11.0 Å². The SMILES string of the molecule is N[C@@H]1[C@H](CO)N(CC2CC2)[C@@]2(C(=O)Nc3cc(Cl)ccc32)[C@H]1c1ccnc(Br)c1F. The van der Waals surface area contributed by atoms with E-state index in [-0.39, 0.29) is 17.1 Å². The highest BCUT2D eigenvalue weighted by molar-refractivity contribution is 9.10. The molecule has 9 heteroatoms. The van der Waals surface area contributed by atoms with Gasteiger partial charge in [-0.2, -0.15) is 0 Å². The maximum absolute atomic E-state index is 15.3. The number of nitrogens with one attached hydrogen (secondary N) is 1. The summed E-state index contributed by atoms with van der Waals surface area (Å²) in [6.07, 6.45) is 3.62. The molecule has 0 bridgehead atoms.